The molecule has 0 aliphatic carbocycles. The Balaban J connectivity index is 1.62. The van der Waals surface area contributed by atoms with E-state index in [-0.39, 0.29) is 11.6 Å². The first-order valence-electron chi connectivity index (χ1n) is 12.4. The van der Waals surface area contributed by atoms with E-state index in [4.69, 9.17) is 18.6 Å². The van der Waals surface area contributed by atoms with Gasteiger partial charge >= 0.3 is 0 Å². The van der Waals surface area contributed by atoms with Gasteiger partial charge in [-0.25, -0.2) is 0 Å². The highest BCUT2D eigenvalue weighted by Crippen LogP contribution is 2.37. The standard InChI is InChI=1S/C29H36O7Si/c1-29(2,3)37(22-11-7-5-8-12-22,23-13-9-6-10-14-23)34-19-24-25(30)26(31)27(32)28(36-24)35-21-17-15-20(33-4)16-18-21/h5-18,24-28,30-32H,19H2,1-4H3/t24-,25-,26+,27-,28+/m1/s1. The third-order valence-electron chi connectivity index (χ3n) is 6.86. The fourth-order valence-corrected chi connectivity index (χ4v) is 9.48. The Bertz CT molecular complexity index is 1080. The Morgan fingerprint density at radius 2 is 1.24 bits per heavy atom. The molecule has 0 spiro atoms. The summed E-state index contributed by atoms with van der Waals surface area (Å²) in [7, 11) is -1.33. The molecule has 1 fully saturated rings. The highest BCUT2D eigenvalue weighted by atomic mass is 28.4. The van der Waals surface area contributed by atoms with Crippen molar-refractivity contribution in [1.29, 1.82) is 0 Å². The Hall–Kier alpha value is -2.72. The lowest BCUT2D eigenvalue weighted by molar-refractivity contribution is -0.276. The minimum atomic E-state index is -2.90. The second kappa shape index (κ2) is 11.3. The van der Waals surface area contributed by atoms with E-state index in [0.717, 1.165) is 10.4 Å². The first-order chi connectivity index (χ1) is 17.7. The largest absolute Gasteiger partial charge is 0.497 e. The van der Waals surface area contributed by atoms with Crippen molar-refractivity contribution in [2.75, 3.05) is 13.7 Å². The molecule has 1 heterocycles. The van der Waals surface area contributed by atoms with Gasteiger partial charge in [-0.2, -0.15) is 0 Å². The average molecular weight is 525 g/mol. The zero-order valence-electron chi connectivity index (χ0n) is 21.7. The number of rotatable bonds is 8. The van der Waals surface area contributed by atoms with E-state index in [2.05, 4.69) is 45.0 Å². The van der Waals surface area contributed by atoms with Crippen LogP contribution in [0.1, 0.15) is 20.8 Å². The minimum absolute atomic E-state index is 0.000694. The van der Waals surface area contributed by atoms with Crippen LogP contribution in [-0.4, -0.2) is 68.1 Å². The zero-order valence-corrected chi connectivity index (χ0v) is 22.7. The van der Waals surface area contributed by atoms with Crippen molar-refractivity contribution in [3.63, 3.8) is 0 Å². The number of ether oxygens (including phenoxy) is 3. The first-order valence-corrected chi connectivity index (χ1v) is 14.3. The Labute approximate surface area is 219 Å². The molecule has 1 aliphatic heterocycles. The van der Waals surface area contributed by atoms with Crippen LogP contribution in [0.15, 0.2) is 84.9 Å². The Morgan fingerprint density at radius 3 is 1.73 bits per heavy atom. The molecule has 0 amide bonds. The van der Waals surface area contributed by atoms with Crippen molar-refractivity contribution in [3.8, 4) is 11.5 Å². The van der Waals surface area contributed by atoms with Crippen molar-refractivity contribution in [2.45, 2.75) is 56.5 Å². The average Bonchev–Trinajstić information content (AvgIpc) is 2.91. The van der Waals surface area contributed by atoms with Gasteiger partial charge in [-0.3, -0.25) is 0 Å². The third kappa shape index (κ3) is 5.60. The summed E-state index contributed by atoms with van der Waals surface area (Å²) >= 11 is 0. The SMILES string of the molecule is COc1ccc(O[C@H]2O[C@H](CO[Si](c3ccccc3)(c3ccccc3)C(C)(C)C)[C@@H](O)[C@H](O)[C@H]2O)cc1. The normalized spacial score (nSPS) is 24.5. The van der Waals surface area contributed by atoms with Gasteiger partial charge in [0, 0.05) is 0 Å². The quantitative estimate of drug-likeness (QED) is 0.390. The predicted molar refractivity (Wildman–Crippen MR) is 144 cm³/mol. The van der Waals surface area contributed by atoms with Gasteiger partial charge in [0.05, 0.1) is 13.7 Å². The molecular formula is C29H36O7Si. The molecule has 1 aliphatic rings. The van der Waals surface area contributed by atoms with Gasteiger partial charge < -0.3 is 34.0 Å². The predicted octanol–water partition coefficient (Wildman–Crippen LogP) is 2.46. The van der Waals surface area contributed by atoms with Crippen LogP contribution in [0.4, 0.5) is 0 Å². The van der Waals surface area contributed by atoms with Crippen LogP contribution in [0.5, 0.6) is 11.5 Å². The number of aliphatic hydroxyl groups is 3. The smallest absolute Gasteiger partial charge is 0.261 e. The van der Waals surface area contributed by atoms with Crippen LogP contribution in [0, 0.1) is 0 Å². The maximum absolute atomic E-state index is 10.8. The van der Waals surface area contributed by atoms with Gasteiger partial charge in [0.1, 0.15) is 35.9 Å². The van der Waals surface area contributed by atoms with Crippen molar-refractivity contribution in [3.05, 3.63) is 84.9 Å². The van der Waals surface area contributed by atoms with Crippen LogP contribution < -0.4 is 19.8 Å². The summed E-state index contributed by atoms with van der Waals surface area (Å²) in [6.45, 7) is 6.48. The van der Waals surface area contributed by atoms with E-state index in [0.29, 0.717) is 11.5 Å². The van der Waals surface area contributed by atoms with Gasteiger partial charge in [0.2, 0.25) is 6.29 Å². The molecule has 0 aromatic heterocycles. The van der Waals surface area contributed by atoms with Crippen LogP contribution in [0.25, 0.3) is 0 Å². The third-order valence-corrected chi connectivity index (χ3v) is 11.9. The summed E-state index contributed by atoms with van der Waals surface area (Å²) in [4.78, 5) is 0. The molecule has 0 unspecified atom stereocenters. The monoisotopic (exact) mass is 524 g/mol. The van der Waals surface area contributed by atoms with Crippen LogP contribution in [0.3, 0.4) is 0 Å². The molecule has 198 valence electrons. The molecule has 0 radical (unpaired) electrons. The Kier molecular flexibility index (Phi) is 8.38. The zero-order chi connectivity index (χ0) is 26.6. The molecule has 0 bridgehead atoms. The van der Waals surface area contributed by atoms with E-state index < -0.39 is 39.0 Å². The number of benzene rings is 3. The van der Waals surface area contributed by atoms with Crippen LogP contribution >= 0.6 is 0 Å². The maximum atomic E-state index is 10.8. The molecule has 1 saturated heterocycles. The van der Waals surface area contributed by atoms with Gasteiger partial charge in [-0.15, -0.1) is 0 Å². The van der Waals surface area contributed by atoms with E-state index in [1.807, 2.05) is 36.4 Å². The van der Waals surface area contributed by atoms with E-state index in [9.17, 15) is 15.3 Å². The summed E-state index contributed by atoms with van der Waals surface area (Å²) in [5, 5.41) is 34.0. The molecule has 3 N–H and O–H groups in total. The summed E-state index contributed by atoms with van der Waals surface area (Å²) in [6.07, 6.45) is -6.39. The lowest BCUT2D eigenvalue weighted by Crippen LogP contribution is -2.68. The lowest BCUT2D eigenvalue weighted by atomic mass is 9.99. The van der Waals surface area contributed by atoms with Crippen molar-refractivity contribution < 1.29 is 34.0 Å². The molecule has 3 aromatic carbocycles. The summed E-state index contributed by atoms with van der Waals surface area (Å²) in [5.74, 6) is 1.09. The van der Waals surface area contributed by atoms with Crippen LogP contribution in [0.2, 0.25) is 5.04 Å². The number of hydrogen-bond donors (Lipinski definition) is 3. The molecule has 8 heteroatoms. The Morgan fingerprint density at radius 1 is 0.730 bits per heavy atom. The van der Waals surface area contributed by atoms with Gasteiger partial charge in [-0.05, 0) is 39.7 Å². The molecule has 3 aromatic rings. The van der Waals surface area contributed by atoms with Gasteiger partial charge in [0.15, 0.2) is 0 Å². The topological polar surface area (TPSA) is 97.6 Å². The molecular weight excluding hydrogens is 488 g/mol. The fraction of sp³-hybridized carbons (Fsp3) is 0.379. The second-order valence-electron chi connectivity index (χ2n) is 10.3. The molecule has 5 atom stereocenters. The lowest BCUT2D eigenvalue weighted by Gasteiger charge is -2.45. The van der Waals surface area contributed by atoms with Crippen molar-refractivity contribution in [1.82, 2.24) is 0 Å². The molecule has 37 heavy (non-hydrogen) atoms. The molecule has 4 rings (SSSR count). The fourth-order valence-electron chi connectivity index (χ4n) is 4.91. The highest BCUT2D eigenvalue weighted by Gasteiger charge is 2.52. The molecule has 7 nitrogen and oxygen atoms in total. The first kappa shape index (κ1) is 27.3. The maximum Gasteiger partial charge on any atom is 0.261 e. The number of hydrogen-bond acceptors (Lipinski definition) is 7. The van der Waals surface area contributed by atoms with E-state index >= 15 is 0 Å². The highest BCUT2D eigenvalue weighted by molar-refractivity contribution is 6.99. The van der Waals surface area contributed by atoms with Gasteiger partial charge in [-0.1, -0.05) is 81.4 Å². The minimum Gasteiger partial charge on any atom is -0.497 e. The van der Waals surface area contributed by atoms with Crippen LogP contribution in [-0.2, 0) is 9.16 Å². The number of methoxy groups -OCH3 is 1. The van der Waals surface area contributed by atoms with Crippen molar-refractivity contribution in [2.24, 2.45) is 0 Å². The summed E-state index contributed by atoms with van der Waals surface area (Å²) in [6, 6.07) is 27.1. The van der Waals surface area contributed by atoms with Crippen molar-refractivity contribution >= 4 is 18.7 Å². The number of aliphatic hydroxyl groups excluding tert-OH is 3. The van der Waals surface area contributed by atoms with E-state index in [1.165, 1.54) is 0 Å². The van der Waals surface area contributed by atoms with E-state index in [1.54, 1.807) is 31.4 Å². The summed E-state index contributed by atoms with van der Waals surface area (Å²) in [5.41, 5.74) is 0. The molecule has 0 saturated carbocycles. The second-order valence-corrected chi connectivity index (χ2v) is 14.6. The summed E-state index contributed by atoms with van der Waals surface area (Å²) < 4.78 is 23.9. The van der Waals surface area contributed by atoms with Gasteiger partial charge in [0.25, 0.3) is 8.32 Å².